The van der Waals surface area contributed by atoms with Crippen molar-refractivity contribution in [3.05, 3.63) is 24.0 Å². The molecule has 18 heavy (non-hydrogen) atoms. The molecule has 4 nitrogen and oxygen atoms in total. The second-order valence-electron chi connectivity index (χ2n) is 5.56. The van der Waals surface area contributed by atoms with Gasteiger partial charge in [-0.05, 0) is 43.6 Å². The molecular weight excluding hydrogens is 226 g/mol. The van der Waals surface area contributed by atoms with Crippen LogP contribution >= 0.6 is 0 Å². The van der Waals surface area contributed by atoms with E-state index in [4.69, 9.17) is 5.73 Å². The Kier molecular flexibility index (Phi) is 2.94. The first kappa shape index (κ1) is 11.5. The molecule has 2 fully saturated rings. The van der Waals surface area contributed by atoms with Crippen LogP contribution in [0.4, 0.5) is 5.69 Å². The lowest BCUT2D eigenvalue weighted by atomic mass is 10.2. The van der Waals surface area contributed by atoms with Crippen molar-refractivity contribution in [1.82, 2.24) is 9.88 Å². The fraction of sp³-hybridized carbons (Fsp3) is 0.571. The van der Waals surface area contributed by atoms with Crippen LogP contribution in [-0.2, 0) is 0 Å². The van der Waals surface area contributed by atoms with Gasteiger partial charge in [-0.2, -0.15) is 0 Å². The number of rotatable bonds is 5. The van der Waals surface area contributed by atoms with Crippen LogP contribution < -0.4 is 5.73 Å². The average Bonchev–Trinajstić information content (AvgIpc) is 3.23. The molecule has 2 saturated carbocycles. The first-order valence-corrected chi connectivity index (χ1v) is 6.73. The number of pyridine rings is 1. The number of carbonyl (C=O) groups excluding carboxylic acids is 1. The number of nitrogens with zero attached hydrogens (tertiary/aromatic N) is 2. The van der Waals surface area contributed by atoms with Crippen molar-refractivity contribution in [1.29, 1.82) is 0 Å². The fourth-order valence-electron chi connectivity index (χ4n) is 2.22. The van der Waals surface area contributed by atoms with Gasteiger partial charge in [0.25, 0.3) is 5.91 Å². The Bertz CT molecular complexity index is 438. The van der Waals surface area contributed by atoms with Crippen molar-refractivity contribution in [2.45, 2.75) is 25.7 Å². The minimum atomic E-state index is 0.0550. The Balaban J connectivity index is 1.75. The van der Waals surface area contributed by atoms with Crippen LogP contribution in [0.5, 0.6) is 0 Å². The third-order valence-corrected chi connectivity index (χ3v) is 3.72. The van der Waals surface area contributed by atoms with Gasteiger partial charge in [-0.3, -0.25) is 9.78 Å². The molecule has 2 N–H and O–H groups in total. The van der Waals surface area contributed by atoms with Gasteiger partial charge in [-0.15, -0.1) is 0 Å². The van der Waals surface area contributed by atoms with Gasteiger partial charge in [-0.25, -0.2) is 0 Å². The summed E-state index contributed by atoms with van der Waals surface area (Å²) in [5.74, 6) is 1.48. The predicted octanol–water partition coefficient (Wildman–Crippen LogP) is 1.93. The minimum Gasteiger partial charge on any atom is -0.398 e. The molecule has 1 amide bonds. The van der Waals surface area contributed by atoms with Gasteiger partial charge < -0.3 is 10.6 Å². The van der Waals surface area contributed by atoms with Crippen LogP contribution in [-0.4, -0.2) is 28.9 Å². The molecule has 2 aliphatic rings. The normalized spacial score (nSPS) is 18.7. The van der Waals surface area contributed by atoms with E-state index < -0.39 is 0 Å². The summed E-state index contributed by atoms with van der Waals surface area (Å²) in [5, 5.41) is 0. The largest absolute Gasteiger partial charge is 0.398 e. The van der Waals surface area contributed by atoms with E-state index >= 15 is 0 Å². The monoisotopic (exact) mass is 245 g/mol. The number of hydrogen-bond acceptors (Lipinski definition) is 3. The molecule has 0 unspecified atom stereocenters. The predicted molar refractivity (Wildman–Crippen MR) is 70.0 cm³/mol. The highest BCUT2D eigenvalue weighted by atomic mass is 16.2. The van der Waals surface area contributed by atoms with Crippen LogP contribution in [0.3, 0.4) is 0 Å². The summed E-state index contributed by atoms with van der Waals surface area (Å²) in [6, 6.07) is 1.69. The van der Waals surface area contributed by atoms with E-state index in [0.717, 1.165) is 13.1 Å². The number of aromatic nitrogens is 1. The zero-order valence-corrected chi connectivity index (χ0v) is 10.5. The van der Waals surface area contributed by atoms with Gasteiger partial charge in [0.15, 0.2) is 0 Å². The number of nitrogens with two attached hydrogens (primary N) is 1. The van der Waals surface area contributed by atoms with Crippen molar-refractivity contribution in [2.24, 2.45) is 11.8 Å². The van der Waals surface area contributed by atoms with Crippen molar-refractivity contribution in [2.75, 3.05) is 18.8 Å². The van der Waals surface area contributed by atoms with Crippen molar-refractivity contribution >= 4 is 11.6 Å². The number of carbonyl (C=O) groups is 1. The molecule has 0 saturated heterocycles. The van der Waals surface area contributed by atoms with Gasteiger partial charge in [0.1, 0.15) is 0 Å². The summed E-state index contributed by atoms with van der Waals surface area (Å²) < 4.78 is 0. The summed E-state index contributed by atoms with van der Waals surface area (Å²) in [7, 11) is 0. The highest BCUT2D eigenvalue weighted by molar-refractivity contribution is 5.98. The molecule has 0 bridgehead atoms. The zero-order valence-electron chi connectivity index (χ0n) is 10.5. The molecule has 1 aromatic rings. The molecule has 4 heteroatoms. The van der Waals surface area contributed by atoms with Gasteiger partial charge >= 0.3 is 0 Å². The van der Waals surface area contributed by atoms with Crippen LogP contribution in [0.25, 0.3) is 0 Å². The van der Waals surface area contributed by atoms with Crippen LogP contribution in [0, 0.1) is 11.8 Å². The molecule has 0 aliphatic heterocycles. The SMILES string of the molecule is Nc1ccncc1C(=O)N(CC1CC1)CC1CC1. The van der Waals surface area contributed by atoms with Gasteiger partial charge in [-0.1, -0.05) is 0 Å². The van der Waals surface area contributed by atoms with E-state index in [1.165, 1.54) is 25.7 Å². The molecule has 1 aromatic heterocycles. The molecule has 0 spiro atoms. The lowest BCUT2D eigenvalue weighted by Crippen LogP contribution is -2.35. The van der Waals surface area contributed by atoms with Crippen molar-refractivity contribution in [3.8, 4) is 0 Å². The Labute approximate surface area is 107 Å². The Hall–Kier alpha value is -1.58. The van der Waals surface area contributed by atoms with Gasteiger partial charge in [0, 0.05) is 31.2 Å². The van der Waals surface area contributed by atoms with E-state index in [2.05, 4.69) is 4.98 Å². The maximum atomic E-state index is 12.5. The van der Waals surface area contributed by atoms with E-state index in [1.54, 1.807) is 18.5 Å². The quantitative estimate of drug-likeness (QED) is 0.862. The third-order valence-electron chi connectivity index (χ3n) is 3.72. The Morgan fingerprint density at radius 3 is 2.39 bits per heavy atom. The standard InChI is InChI=1S/C14H19N3O/c15-13-5-6-16-7-12(13)14(18)17(8-10-1-2-10)9-11-3-4-11/h5-7,10-11H,1-4,8-9H2,(H2,15,16). The van der Waals surface area contributed by atoms with E-state index in [0.29, 0.717) is 23.1 Å². The van der Waals surface area contributed by atoms with Crippen molar-refractivity contribution in [3.63, 3.8) is 0 Å². The van der Waals surface area contributed by atoms with Crippen LogP contribution in [0.2, 0.25) is 0 Å². The number of amides is 1. The topological polar surface area (TPSA) is 59.2 Å². The van der Waals surface area contributed by atoms with E-state index in [1.807, 2.05) is 4.90 Å². The molecule has 96 valence electrons. The van der Waals surface area contributed by atoms with Crippen molar-refractivity contribution < 1.29 is 4.79 Å². The second-order valence-corrected chi connectivity index (χ2v) is 5.56. The molecule has 2 aliphatic carbocycles. The van der Waals surface area contributed by atoms with E-state index in [-0.39, 0.29) is 5.91 Å². The van der Waals surface area contributed by atoms with Gasteiger partial charge in [0.05, 0.1) is 5.56 Å². The highest BCUT2D eigenvalue weighted by Gasteiger charge is 2.32. The summed E-state index contributed by atoms with van der Waals surface area (Å²) >= 11 is 0. The molecule has 3 rings (SSSR count). The molecular formula is C14H19N3O. The summed E-state index contributed by atoms with van der Waals surface area (Å²) in [4.78, 5) is 18.5. The molecule has 0 radical (unpaired) electrons. The lowest BCUT2D eigenvalue weighted by molar-refractivity contribution is 0.0740. The highest BCUT2D eigenvalue weighted by Crippen LogP contribution is 2.34. The van der Waals surface area contributed by atoms with Crippen LogP contribution in [0.1, 0.15) is 36.0 Å². The van der Waals surface area contributed by atoms with Crippen LogP contribution in [0.15, 0.2) is 18.5 Å². The lowest BCUT2D eigenvalue weighted by Gasteiger charge is -2.23. The maximum Gasteiger partial charge on any atom is 0.257 e. The smallest absolute Gasteiger partial charge is 0.257 e. The molecule has 1 heterocycles. The first-order valence-electron chi connectivity index (χ1n) is 6.73. The summed E-state index contributed by atoms with van der Waals surface area (Å²) in [6.45, 7) is 1.79. The number of hydrogen-bond donors (Lipinski definition) is 1. The first-order chi connectivity index (χ1) is 8.74. The third kappa shape index (κ3) is 2.63. The zero-order chi connectivity index (χ0) is 12.5. The minimum absolute atomic E-state index is 0.0550. The average molecular weight is 245 g/mol. The van der Waals surface area contributed by atoms with Gasteiger partial charge in [0.2, 0.25) is 0 Å². The number of anilines is 1. The maximum absolute atomic E-state index is 12.5. The fourth-order valence-corrected chi connectivity index (χ4v) is 2.22. The number of nitrogen functional groups attached to an aromatic ring is 1. The molecule has 0 atom stereocenters. The second kappa shape index (κ2) is 4.59. The molecule has 0 aromatic carbocycles. The summed E-state index contributed by atoms with van der Waals surface area (Å²) in [5.41, 5.74) is 6.95. The van der Waals surface area contributed by atoms with E-state index in [9.17, 15) is 4.79 Å². The Morgan fingerprint density at radius 2 is 1.89 bits per heavy atom. The summed E-state index contributed by atoms with van der Waals surface area (Å²) in [6.07, 6.45) is 8.25. The Morgan fingerprint density at radius 1 is 1.28 bits per heavy atom.